The molecular formula is C18H24N2O6. The van der Waals surface area contributed by atoms with E-state index in [0.29, 0.717) is 22.8 Å². The Bertz CT molecular complexity index is 716. The maximum atomic E-state index is 12.6. The highest BCUT2D eigenvalue weighted by molar-refractivity contribution is 5.95. The molecule has 0 fully saturated rings. The van der Waals surface area contributed by atoms with Crippen molar-refractivity contribution in [3.63, 3.8) is 0 Å². The lowest BCUT2D eigenvalue weighted by atomic mass is 9.94. The average Bonchev–Trinajstić information content (AvgIpc) is 2.63. The van der Waals surface area contributed by atoms with Gasteiger partial charge in [0.1, 0.15) is 0 Å². The number of nitrogens with one attached hydrogen (secondary N) is 1. The fourth-order valence-electron chi connectivity index (χ4n) is 3.00. The van der Waals surface area contributed by atoms with Gasteiger partial charge >= 0.3 is 12.0 Å². The van der Waals surface area contributed by atoms with Crippen molar-refractivity contribution in [1.29, 1.82) is 0 Å². The number of β-amino-alcohol motifs (C(OH)–C–C–N with tert-alkyl or cyclic N) is 1. The zero-order valence-corrected chi connectivity index (χ0v) is 15.4. The Labute approximate surface area is 152 Å². The van der Waals surface area contributed by atoms with Crippen LogP contribution in [0.5, 0.6) is 11.5 Å². The smallest absolute Gasteiger partial charge is 0.338 e. The molecule has 0 saturated heterocycles. The van der Waals surface area contributed by atoms with E-state index in [1.165, 1.54) is 19.1 Å². The molecule has 8 heteroatoms. The van der Waals surface area contributed by atoms with Crippen LogP contribution in [0.3, 0.4) is 0 Å². The molecule has 0 aromatic heterocycles. The number of ether oxygens (including phenoxy) is 3. The Morgan fingerprint density at radius 3 is 2.62 bits per heavy atom. The van der Waals surface area contributed by atoms with E-state index in [1.807, 2.05) is 0 Å². The van der Waals surface area contributed by atoms with Crippen molar-refractivity contribution in [1.82, 2.24) is 10.2 Å². The number of allylic oxidation sites excluding steroid dienone is 1. The van der Waals surface area contributed by atoms with Crippen molar-refractivity contribution in [3.8, 4) is 11.5 Å². The van der Waals surface area contributed by atoms with E-state index in [1.54, 1.807) is 32.0 Å². The number of carbonyl (C=O) groups excluding carboxylic acids is 2. The topological polar surface area (TPSA) is 97.3 Å². The molecule has 0 radical (unpaired) electrons. The largest absolute Gasteiger partial charge is 0.493 e. The fourth-order valence-corrected chi connectivity index (χ4v) is 3.00. The summed E-state index contributed by atoms with van der Waals surface area (Å²) in [5, 5.41) is 12.0. The van der Waals surface area contributed by atoms with Crippen LogP contribution in [0.2, 0.25) is 0 Å². The van der Waals surface area contributed by atoms with Crippen molar-refractivity contribution in [2.45, 2.75) is 19.9 Å². The van der Waals surface area contributed by atoms with Crippen molar-refractivity contribution >= 4 is 12.0 Å². The molecule has 1 atom stereocenters. The highest BCUT2D eigenvalue weighted by Gasteiger charge is 2.38. The molecule has 2 amide bonds. The second kappa shape index (κ2) is 8.57. The van der Waals surface area contributed by atoms with Crippen LogP contribution >= 0.6 is 0 Å². The number of methoxy groups -OCH3 is 2. The van der Waals surface area contributed by atoms with Crippen LogP contribution in [0, 0.1) is 0 Å². The fraction of sp³-hybridized carbons (Fsp3) is 0.444. The number of amides is 2. The third kappa shape index (κ3) is 3.60. The van der Waals surface area contributed by atoms with Gasteiger partial charge in [-0.3, -0.25) is 4.90 Å². The Kier molecular flexibility index (Phi) is 6.46. The van der Waals surface area contributed by atoms with Crippen molar-refractivity contribution in [3.05, 3.63) is 35.0 Å². The lowest BCUT2D eigenvalue weighted by Crippen LogP contribution is -2.49. The number of aliphatic hydroxyl groups excluding tert-OH is 1. The zero-order chi connectivity index (χ0) is 19.3. The van der Waals surface area contributed by atoms with Crippen LogP contribution in [0.15, 0.2) is 29.5 Å². The van der Waals surface area contributed by atoms with Gasteiger partial charge in [-0.05, 0) is 19.9 Å². The van der Waals surface area contributed by atoms with Crippen molar-refractivity contribution in [2.24, 2.45) is 0 Å². The Hall–Kier alpha value is -2.74. The van der Waals surface area contributed by atoms with Gasteiger partial charge in [0.2, 0.25) is 0 Å². The monoisotopic (exact) mass is 364 g/mol. The summed E-state index contributed by atoms with van der Waals surface area (Å²) in [4.78, 5) is 26.4. The maximum absolute atomic E-state index is 12.6. The van der Waals surface area contributed by atoms with Crippen LogP contribution in [-0.4, -0.2) is 56.0 Å². The molecule has 0 bridgehead atoms. The number of nitrogens with zero attached hydrogens (tertiary/aromatic N) is 1. The highest BCUT2D eigenvalue weighted by atomic mass is 16.5. The Morgan fingerprint density at radius 2 is 2.04 bits per heavy atom. The van der Waals surface area contributed by atoms with Gasteiger partial charge in [0.25, 0.3) is 0 Å². The summed E-state index contributed by atoms with van der Waals surface area (Å²) in [6, 6.07) is 4.05. The standard InChI is InChI=1S/C18H24N2O6/c1-5-26-17(22)14-11(2)20(9-10-21)18(23)19-15(14)12-7-6-8-13(24-3)16(12)25-4/h6-8,15,21H,5,9-10H2,1-4H3,(H,19,23). The van der Waals surface area contributed by atoms with Gasteiger partial charge in [0.05, 0.1) is 45.6 Å². The van der Waals surface area contributed by atoms with Crippen LogP contribution < -0.4 is 14.8 Å². The molecule has 0 saturated carbocycles. The van der Waals surface area contributed by atoms with Crippen molar-refractivity contribution in [2.75, 3.05) is 34.0 Å². The van der Waals surface area contributed by atoms with Gasteiger partial charge in [0.15, 0.2) is 11.5 Å². The number of rotatable bonds is 7. The SMILES string of the molecule is CCOC(=O)C1=C(C)N(CCO)C(=O)NC1c1cccc(OC)c1OC. The van der Waals surface area contributed by atoms with E-state index in [2.05, 4.69) is 5.32 Å². The number of para-hydroxylation sites is 1. The number of hydrogen-bond acceptors (Lipinski definition) is 6. The lowest BCUT2D eigenvalue weighted by Gasteiger charge is -2.35. The number of aliphatic hydroxyl groups is 1. The Morgan fingerprint density at radius 1 is 1.31 bits per heavy atom. The zero-order valence-electron chi connectivity index (χ0n) is 15.4. The molecule has 2 N–H and O–H groups in total. The quantitative estimate of drug-likeness (QED) is 0.714. The summed E-state index contributed by atoms with van der Waals surface area (Å²) >= 11 is 0. The molecule has 0 spiro atoms. The molecular weight excluding hydrogens is 340 g/mol. The highest BCUT2D eigenvalue weighted by Crippen LogP contribution is 2.40. The maximum Gasteiger partial charge on any atom is 0.338 e. The van der Waals surface area contributed by atoms with Gasteiger partial charge in [-0.25, -0.2) is 9.59 Å². The second-order valence-corrected chi connectivity index (χ2v) is 5.56. The first-order valence-corrected chi connectivity index (χ1v) is 8.27. The summed E-state index contributed by atoms with van der Waals surface area (Å²) in [6.07, 6.45) is 0. The van der Waals surface area contributed by atoms with E-state index >= 15 is 0 Å². The predicted molar refractivity (Wildman–Crippen MR) is 93.9 cm³/mol. The molecule has 1 aromatic rings. The summed E-state index contributed by atoms with van der Waals surface area (Å²) in [7, 11) is 3.00. The number of urea groups is 1. The lowest BCUT2D eigenvalue weighted by molar-refractivity contribution is -0.139. The minimum Gasteiger partial charge on any atom is -0.493 e. The molecule has 8 nitrogen and oxygen atoms in total. The van der Waals surface area contributed by atoms with Crippen LogP contribution in [0.4, 0.5) is 4.79 Å². The molecule has 0 aliphatic carbocycles. The third-order valence-electron chi connectivity index (χ3n) is 4.16. The van der Waals surface area contributed by atoms with E-state index < -0.39 is 18.0 Å². The Balaban J connectivity index is 2.62. The average molecular weight is 364 g/mol. The van der Waals surface area contributed by atoms with Gasteiger partial charge in [-0.2, -0.15) is 0 Å². The summed E-state index contributed by atoms with van der Waals surface area (Å²) in [5.41, 5.74) is 1.29. The molecule has 2 rings (SSSR count). The molecule has 1 aromatic carbocycles. The van der Waals surface area contributed by atoms with Gasteiger partial charge in [-0.15, -0.1) is 0 Å². The summed E-state index contributed by atoms with van der Waals surface area (Å²) in [5.74, 6) is 0.367. The van der Waals surface area contributed by atoms with E-state index in [-0.39, 0.29) is 25.3 Å². The van der Waals surface area contributed by atoms with Crippen molar-refractivity contribution < 1.29 is 28.9 Å². The second-order valence-electron chi connectivity index (χ2n) is 5.56. The first-order chi connectivity index (χ1) is 12.5. The van der Waals surface area contributed by atoms with Gasteiger partial charge in [-0.1, -0.05) is 12.1 Å². The minimum absolute atomic E-state index is 0.0720. The van der Waals surface area contributed by atoms with Crippen LogP contribution in [0.25, 0.3) is 0 Å². The molecule has 26 heavy (non-hydrogen) atoms. The molecule has 142 valence electrons. The van der Waals surface area contributed by atoms with E-state index in [9.17, 15) is 14.7 Å². The molecule has 1 heterocycles. The first-order valence-electron chi connectivity index (χ1n) is 8.27. The molecule has 1 aliphatic heterocycles. The van der Waals surface area contributed by atoms with Gasteiger partial charge < -0.3 is 24.6 Å². The summed E-state index contributed by atoms with van der Waals surface area (Å²) < 4.78 is 15.9. The minimum atomic E-state index is -0.762. The number of esters is 1. The first kappa shape index (κ1) is 19.6. The molecule has 1 aliphatic rings. The number of hydrogen-bond donors (Lipinski definition) is 2. The summed E-state index contributed by atoms with van der Waals surface area (Å²) in [6.45, 7) is 3.41. The predicted octanol–water partition coefficient (Wildman–Crippen LogP) is 1.60. The third-order valence-corrected chi connectivity index (χ3v) is 4.16. The van der Waals surface area contributed by atoms with Crippen LogP contribution in [-0.2, 0) is 9.53 Å². The van der Waals surface area contributed by atoms with E-state index in [4.69, 9.17) is 14.2 Å². The van der Waals surface area contributed by atoms with Crippen LogP contribution in [0.1, 0.15) is 25.5 Å². The normalized spacial score (nSPS) is 17.0. The van der Waals surface area contributed by atoms with E-state index in [0.717, 1.165) is 0 Å². The number of benzene rings is 1. The van der Waals surface area contributed by atoms with Gasteiger partial charge in [0, 0.05) is 11.3 Å². The number of carbonyl (C=O) groups is 2. The molecule has 1 unspecified atom stereocenters.